The summed E-state index contributed by atoms with van der Waals surface area (Å²) in [5.41, 5.74) is -1.14. The molecular formula is C11H5BrF3N3O2S. The summed E-state index contributed by atoms with van der Waals surface area (Å²) in [7, 11) is 0. The van der Waals surface area contributed by atoms with Gasteiger partial charge in [0.1, 0.15) is 5.03 Å². The molecule has 0 aliphatic carbocycles. The largest absolute Gasteiger partial charge is 0.417 e. The van der Waals surface area contributed by atoms with Gasteiger partial charge >= 0.3 is 11.9 Å². The van der Waals surface area contributed by atoms with Crippen molar-refractivity contribution in [3.63, 3.8) is 0 Å². The summed E-state index contributed by atoms with van der Waals surface area (Å²) >= 11 is 3.88. The summed E-state index contributed by atoms with van der Waals surface area (Å²) in [5, 5.41) is 11.1. The van der Waals surface area contributed by atoms with E-state index in [1.54, 1.807) is 0 Å². The summed E-state index contributed by atoms with van der Waals surface area (Å²) in [6, 6.07) is 3.26. The molecule has 0 saturated carbocycles. The maximum Gasteiger partial charge on any atom is 0.417 e. The first-order chi connectivity index (χ1) is 9.77. The van der Waals surface area contributed by atoms with Gasteiger partial charge in [0.05, 0.1) is 10.5 Å². The number of aromatic nitrogens is 2. The van der Waals surface area contributed by atoms with E-state index >= 15 is 0 Å². The molecule has 0 bridgehead atoms. The number of hydrogen-bond acceptors (Lipinski definition) is 5. The van der Waals surface area contributed by atoms with E-state index in [-0.39, 0.29) is 15.7 Å². The molecule has 0 atom stereocenters. The Morgan fingerprint density at radius 2 is 1.95 bits per heavy atom. The van der Waals surface area contributed by atoms with Gasteiger partial charge in [-0.25, -0.2) is 9.97 Å². The molecule has 0 radical (unpaired) electrons. The first-order valence-corrected chi connectivity index (χ1v) is 6.89. The van der Waals surface area contributed by atoms with Crippen LogP contribution in [0, 0.1) is 10.1 Å². The molecule has 21 heavy (non-hydrogen) atoms. The minimum Gasteiger partial charge on any atom is -0.258 e. The van der Waals surface area contributed by atoms with E-state index in [4.69, 9.17) is 0 Å². The third kappa shape index (κ3) is 3.91. The zero-order valence-electron chi connectivity index (χ0n) is 9.96. The average molecular weight is 380 g/mol. The van der Waals surface area contributed by atoms with Crippen LogP contribution in [0.4, 0.5) is 18.9 Å². The highest BCUT2D eigenvalue weighted by atomic mass is 79.9. The zero-order valence-corrected chi connectivity index (χ0v) is 12.4. The van der Waals surface area contributed by atoms with Crippen molar-refractivity contribution in [2.45, 2.75) is 16.2 Å². The zero-order chi connectivity index (χ0) is 15.6. The van der Waals surface area contributed by atoms with Crippen LogP contribution in [-0.4, -0.2) is 14.9 Å². The summed E-state index contributed by atoms with van der Waals surface area (Å²) < 4.78 is 37.7. The normalized spacial score (nSPS) is 11.4. The van der Waals surface area contributed by atoms with Crippen LogP contribution in [0.25, 0.3) is 0 Å². The van der Waals surface area contributed by atoms with Crippen molar-refractivity contribution in [1.82, 2.24) is 9.97 Å². The minimum absolute atomic E-state index is 0.0514. The molecule has 5 nitrogen and oxygen atoms in total. The molecule has 0 fully saturated rings. The van der Waals surface area contributed by atoms with E-state index in [9.17, 15) is 23.3 Å². The highest BCUT2D eigenvalue weighted by Crippen LogP contribution is 2.35. The van der Waals surface area contributed by atoms with E-state index in [2.05, 4.69) is 25.9 Å². The van der Waals surface area contributed by atoms with Crippen molar-refractivity contribution in [2.24, 2.45) is 0 Å². The minimum atomic E-state index is -4.47. The topological polar surface area (TPSA) is 68.9 Å². The molecular weight excluding hydrogens is 375 g/mol. The SMILES string of the molecule is O=[N+]([O-])c1cc(Br)cnc1Sc1ccc(C(F)(F)F)cn1. The lowest BCUT2D eigenvalue weighted by Crippen LogP contribution is -2.05. The molecule has 10 heteroatoms. The lowest BCUT2D eigenvalue weighted by atomic mass is 10.3. The van der Waals surface area contributed by atoms with Gasteiger partial charge in [-0.1, -0.05) is 0 Å². The van der Waals surface area contributed by atoms with E-state index < -0.39 is 16.7 Å². The lowest BCUT2D eigenvalue weighted by molar-refractivity contribution is -0.388. The summed E-state index contributed by atoms with van der Waals surface area (Å²) in [6.45, 7) is 0. The van der Waals surface area contributed by atoms with Crippen LogP contribution in [0.2, 0.25) is 0 Å². The molecule has 0 saturated heterocycles. The summed E-state index contributed by atoms with van der Waals surface area (Å²) in [5.74, 6) is 0. The van der Waals surface area contributed by atoms with Crippen LogP contribution in [0.1, 0.15) is 5.56 Å². The quantitative estimate of drug-likeness (QED) is 0.586. The van der Waals surface area contributed by atoms with Gasteiger partial charge in [-0.05, 0) is 39.8 Å². The molecule has 0 aromatic carbocycles. The highest BCUT2D eigenvalue weighted by molar-refractivity contribution is 9.10. The van der Waals surface area contributed by atoms with Crippen molar-refractivity contribution in [3.8, 4) is 0 Å². The molecule has 0 unspecified atom stereocenters. The second-order valence-electron chi connectivity index (χ2n) is 3.72. The van der Waals surface area contributed by atoms with Crippen LogP contribution in [0.5, 0.6) is 0 Å². The Labute approximate surface area is 128 Å². The van der Waals surface area contributed by atoms with Gasteiger partial charge in [-0.2, -0.15) is 13.2 Å². The second-order valence-corrected chi connectivity index (χ2v) is 5.64. The number of alkyl halides is 3. The molecule has 0 spiro atoms. The second kappa shape index (κ2) is 5.98. The Hall–Kier alpha value is -1.68. The van der Waals surface area contributed by atoms with Crippen LogP contribution < -0.4 is 0 Å². The number of hydrogen-bond donors (Lipinski definition) is 0. The van der Waals surface area contributed by atoms with Gasteiger partial charge in [0.15, 0.2) is 5.03 Å². The number of nitrogens with zero attached hydrogens (tertiary/aromatic N) is 3. The van der Waals surface area contributed by atoms with Gasteiger partial charge in [0.2, 0.25) is 0 Å². The van der Waals surface area contributed by atoms with E-state index in [1.165, 1.54) is 12.3 Å². The molecule has 0 aliphatic heterocycles. The maximum absolute atomic E-state index is 12.4. The lowest BCUT2D eigenvalue weighted by Gasteiger charge is -2.06. The van der Waals surface area contributed by atoms with Crippen molar-refractivity contribution in [3.05, 3.63) is 50.7 Å². The molecule has 0 N–H and O–H groups in total. The maximum atomic E-state index is 12.4. The van der Waals surface area contributed by atoms with E-state index in [1.807, 2.05) is 0 Å². The smallest absolute Gasteiger partial charge is 0.258 e. The standard InChI is InChI=1S/C11H5BrF3N3O2S/c12-7-3-8(18(19)20)10(17-5-7)21-9-2-1-6(4-16-9)11(13,14)15/h1-5H. The predicted octanol–water partition coefficient (Wildman–Crippen LogP) is 4.32. The third-order valence-corrected chi connectivity index (χ3v) is 3.65. The first-order valence-electron chi connectivity index (χ1n) is 5.28. The van der Waals surface area contributed by atoms with Crippen LogP contribution in [-0.2, 0) is 6.18 Å². The Balaban J connectivity index is 2.28. The number of rotatable bonds is 3. The fraction of sp³-hybridized carbons (Fsp3) is 0.0909. The monoisotopic (exact) mass is 379 g/mol. The van der Waals surface area contributed by atoms with Gasteiger partial charge in [0.25, 0.3) is 0 Å². The third-order valence-electron chi connectivity index (χ3n) is 2.26. The van der Waals surface area contributed by atoms with Crippen LogP contribution >= 0.6 is 27.7 Å². The average Bonchev–Trinajstić information content (AvgIpc) is 2.40. The van der Waals surface area contributed by atoms with Crippen LogP contribution in [0.15, 0.2) is 45.1 Å². The molecule has 2 aromatic rings. The molecule has 2 rings (SSSR count). The Morgan fingerprint density at radius 3 is 2.48 bits per heavy atom. The summed E-state index contributed by atoms with van der Waals surface area (Å²) in [6.07, 6.45) is -2.44. The molecule has 0 amide bonds. The fourth-order valence-electron chi connectivity index (χ4n) is 1.33. The first kappa shape index (κ1) is 15.7. The number of halogens is 4. The van der Waals surface area contributed by atoms with Crippen molar-refractivity contribution in [2.75, 3.05) is 0 Å². The van der Waals surface area contributed by atoms with Crippen molar-refractivity contribution < 1.29 is 18.1 Å². The van der Waals surface area contributed by atoms with Gasteiger partial charge in [-0.15, -0.1) is 0 Å². The van der Waals surface area contributed by atoms with Gasteiger partial charge in [-0.3, -0.25) is 10.1 Å². The molecule has 0 aliphatic rings. The highest BCUT2D eigenvalue weighted by Gasteiger charge is 2.30. The molecule has 2 aromatic heterocycles. The number of pyridine rings is 2. The predicted molar refractivity (Wildman–Crippen MR) is 72.0 cm³/mol. The Morgan fingerprint density at radius 1 is 1.24 bits per heavy atom. The number of nitro groups is 1. The van der Waals surface area contributed by atoms with Gasteiger partial charge < -0.3 is 0 Å². The molecule has 110 valence electrons. The van der Waals surface area contributed by atoms with E-state index in [0.717, 1.165) is 23.9 Å². The Bertz CT molecular complexity index is 679. The summed E-state index contributed by atoms with van der Waals surface area (Å²) in [4.78, 5) is 17.8. The van der Waals surface area contributed by atoms with Gasteiger partial charge in [0, 0.05) is 22.9 Å². The van der Waals surface area contributed by atoms with E-state index in [0.29, 0.717) is 10.7 Å². The Kier molecular flexibility index (Phi) is 4.47. The van der Waals surface area contributed by atoms with Crippen LogP contribution in [0.3, 0.4) is 0 Å². The van der Waals surface area contributed by atoms with Crippen molar-refractivity contribution in [1.29, 1.82) is 0 Å². The molecule has 2 heterocycles. The fourth-order valence-corrected chi connectivity index (χ4v) is 2.44. The van der Waals surface area contributed by atoms with Crippen molar-refractivity contribution >= 4 is 33.4 Å².